The molecule has 3 atom stereocenters. The number of fused-ring (bicyclic) bond motifs is 1. The molecule has 0 aromatic carbocycles. The smallest absolute Gasteiger partial charge is 0.191 e. The molecule has 3 unspecified atom stereocenters. The average molecular weight is 526 g/mol. The normalized spacial score (nSPS) is 24.1. The van der Waals surface area contributed by atoms with Gasteiger partial charge in [-0.25, -0.2) is 9.67 Å². The molecule has 3 heterocycles. The zero-order chi connectivity index (χ0) is 20.1. The Morgan fingerprint density at radius 1 is 1.27 bits per heavy atom. The molecule has 2 aromatic heterocycles. The lowest BCUT2D eigenvalue weighted by atomic mass is 9.86. The maximum atomic E-state index is 5.46. The molecule has 2 aromatic rings. The third-order valence-corrected chi connectivity index (χ3v) is 6.20. The van der Waals surface area contributed by atoms with Crippen LogP contribution in [-0.4, -0.2) is 39.4 Å². The predicted molar refractivity (Wildman–Crippen MR) is 129 cm³/mol. The van der Waals surface area contributed by atoms with Crippen molar-refractivity contribution in [3.05, 3.63) is 35.8 Å². The van der Waals surface area contributed by atoms with E-state index in [0.717, 1.165) is 55.6 Å². The van der Waals surface area contributed by atoms with E-state index in [4.69, 9.17) is 9.41 Å². The van der Waals surface area contributed by atoms with E-state index < -0.39 is 0 Å². The van der Waals surface area contributed by atoms with Crippen LogP contribution in [0.15, 0.2) is 27.8 Å². The lowest BCUT2D eigenvalue weighted by molar-refractivity contribution is 0.303. The highest BCUT2D eigenvalue weighted by molar-refractivity contribution is 14.0. The summed E-state index contributed by atoms with van der Waals surface area (Å²) in [6.45, 7) is 6.02. The van der Waals surface area contributed by atoms with Crippen LogP contribution in [0.25, 0.3) is 0 Å². The molecule has 2 N–H and O–H groups in total. The Bertz CT molecular complexity index is 803. The molecule has 1 fully saturated rings. The van der Waals surface area contributed by atoms with Crippen LogP contribution in [0.4, 0.5) is 0 Å². The van der Waals surface area contributed by atoms with Crippen LogP contribution < -0.4 is 10.6 Å². The third-order valence-electron chi connectivity index (χ3n) is 6.20. The lowest BCUT2D eigenvalue weighted by Crippen LogP contribution is -2.52. The van der Waals surface area contributed by atoms with Crippen LogP contribution in [0.2, 0.25) is 0 Å². The molecule has 0 bridgehead atoms. The molecular formula is C22H35IN6O. The molecule has 2 aliphatic rings. The van der Waals surface area contributed by atoms with Gasteiger partial charge in [-0.05, 0) is 37.3 Å². The highest BCUT2D eigenvalue weighted by Crippen LogP contribution is 2.23. The van der Waals surface area contributed by atoms with Crippen LogP contribution in [-0.2, 0) is 25.8 Å². The lowest BCUT2D eigenvalue weighted by Gasteiger charge is -2.33. The number of furan rings is 1. The first-order valence-corrected chi connectivity index (χ1v) is 11.2. The van der Waals surface area contributed by atoms with Gasteiger partial charge in [0.05, 0.1) is 12.8 Å². The fourth-order valence-corrected chi connectivity index (χ4v) is 4.39. The number of nitrogens with one attached hydrogen (secondary N) is 2. The second-order valence-electron chi connectivity index (χ2n) is 8.43. The van der Waals surface area contributed by atoms with Crippen molar-refractivity contribution in [2.45, 2.75) is 83.8 Å². The summed E-state index contributed by atoms with van der Waals surface area (Å²) in [5.41, 5.74) is 0. The summed E-state index contributed by atoms with van der Waals surface area (Å²) in [5.74, 6) is 4.66. The predicted octanol–water partition coefficient (Wildman–Crippen LogP) is 3.72. The van der Waals surface area contributed by atoms with Gasteiger partial charge in [-0.3, -0.25) is 4.99 Å². The molecule has 1 aliphatic heterocycles. The fraction of sp³-hybridized carbons (Fsp3) is 0.682. The molecule has 4 rings (SSSR count). The number of hydrogen-bond donors (Lipinski definition) is 2. The first-order valence-electron chi connectivity index (χ1n) is 11.2. The van der Waals surface area contributed by atoms with Gasteiger partial charge >= 0.3 is 0 Å². The molecular weight excluding hydrogens is 491 g/mol. The number of aromatic nitrogens is 3. The van der Waals surface area contributed by atoms with Crippen molar-refractivity contribution in [2.24, 2.45) is 10.9 Å². The Morgan fingerprint density at radius 3 is 2.90 bits per heavy atom. The summed E-state index contributed by atoms with van der Waals surface area (Å²) in [6.07, 6.45) is 10.6. The zero-order valence-electron chi connectivity index (χ0n) is 18.1. The Labute approximate surface area is 196 Å². The number of aryl methyl sites for hydroxylation is 2. The molecule has 8 heteroatoms. The average Bonchev–Trinajstić information content (AvgIpc) is 3.38. The Morgan fingerprint density at radius 2 is 2.13 bits per heavy atom. The first kappa shape index (κ1) is 23.1. The van der Waals surface area contributed by atoms with Crippen molar-refractivity contribution >= 4 is 29.9 Å². The van der Waals surface area contributed by atoms with E-state index in [-0.39, 0.29) is 24.0 Å². The summed E-state index contributed by atoms with van der Waals surface area (Å²) in [6, 6.07) is 4.76. The van der Waals surface area contributed by atoms with E-state index in [1.165, 1.54) is 25.7 Å². The summed E-state index contributed by atoms with van der Waals surface area (Å²) < 4.78 is 7.53. The number of rotatable bonds is 6. The molecule has 0 spiro atoms. The topological polar surface area (TPSA) is 80.3 Å². The minimum Gasteiger partial charge on any atom is -0.469 e. The molecule has 7 nitrogen and oxygen atoms in total. The minimum absolute atomic E-state index is 0. The number of guanidine groups is 1. The molecule has 30 heavy (non-hydrogen) atoms. The van der Waals surface area contributed by atoms with Gasteiger partial charge in [0.1, 0.15) is 11.6 Å². The van der Waals surface area contributed by atoms with Crippen LogP contribution in [0.3, 0.4) is 0 Å². The van der Waals surface area contributed by atoms with Crippen molar-refractivity contribution in [1.29, 1.82) is 0 Å². The van der Waals surface area contributed by atoms with E-state index in [1.807, 2.05) is 12.1 Å². The van der Waals surface area contributed by atoms with Crippen molar-refractivity contribution in [1.82, 2.24) is 25.4 Å². The Hall–Kier alpha value is -1.58. The van der Waals surface area contributed by atoms with Crippen LogP contribution >= 0.6 is 24.0 Å². The van der Waals surface area contributed by atoms with Gasteiger partial charge < -0.3 is 15.1 Å². The van der Waals surface area contributed by atoms with Crippen LogP contribution in [0, 0.1) is 5.92 Å². The van der Waals surface area contributed by atoms with Gasteiger partial charge in [-0.1, -0.05) is 26.7 Å². The number of aliphatic imine (C=N–C) groups is 1. The molecule has 166 valence electrons. The number of halogens is 1. The highest BCUT2D eigenvalue weighted by Gasteiger charge is 2.25. The van der Waals surface area contributed by atoms with Gasteiger partial charge in [-0.15, -0.1) is 24.0 Å². The van der Waals surface area contributed by atoms with Gasteiger partial charge in [0, 0.05) is 37.9 Å². The molecule has 1 aliphatic carbocycles. The van der Waals surface area contributed by atoms with E-state index in [1.54, 1.807) is 6.26 Å². The third kappa shape index (κ3) is 5.98. The van der Waals surface area contributed by atoms with E-state index in [0.29, 0.717) is 24.5 Å². The van der Waals surface area contributed by atoms with Crippen molar-refractivity contribution in [3.63, 3.8) is 0 Å². The van der Waals surface area contributed by atoms with Crippen molar-refractivity contribution in [3.8, 4) is 0 Å². The summed E-state index contributed by atoms with van der Waals surface area (Å²) in [7, 11) is 0. The molecule has 0 saturated heterocycles. The van der Waals surface area contributed by atoms with Crippen molar-refractivity contribution in [2.75, 3.05) is 6.54 Å². The number of nitrogens with zero attached hydrogens (tertiary/aromatic N) is 4. The Kier molecular flexibility index (Phi) is 8.59. The Balaban J connectivity index is 0.00000256. The molecule has 1 saturated carbocycles. The van der Waals surface area contributed by atoms with Gasteiger partial charge in [0.15, 0.2) is 11.8 Å². The van der Waals surface area contributed by atoms with Gasteiger partial charge in [0.2, 0.25) is 0 Å². The second kappa shape index (κ2) is 11.2. The van der Waals surface area contributed by atoms with Crippen LogP contribution in [0.5, 0.6) is 0 Å². The highest BCUT2D eigenvalue weighted by atomic mass is 127. The summed E-state index contributed by atoms with van der Waals surface area (Å²) in [4.78, 5) is 9.52. The van der Waals surface area contributed by atoms with Crippen molar-refractivity contribution < 1.29 is 4.42 Å². The fourth-order valence-electron chi connectivity index (χ4n) is 4.39. The SMILES string of the molecule is CCc1nc2n(n1)CC(NC(=NCCc1ccco1)NC1CCCCC1C)CC2.I. The van der Waals surface area contributed by atoms with E-state index in [9.17, 15) is 0 Å². The van der Waals surface area contributed by atoms with E-state index >= 15 is 0 Å². The second-order valence-corrected chi connectivity index (χ2v) is 8.43. The summed E-state index contributed by atoms with van der Waals surface area (Å²) in [5, 5.41) is 12.1. The first-order chi connectivity index (χ1) is 14.2. The van der Waals surface area contributed by atoms with Crippen LogP contribution in [0.1, 0.15) is 63.4 Å². The van der Waals surface area contributed by atoms with Gasteiger partial charge in [0.25, 0.3) is 0 Å². The largest absolute Gasteiger partial charge is 0.469 e. The van der Waals surface area contributed by atoms with E-state index in [2.05, 4.69) is 39.2 Å². The quantitative estimate of drug-likeness (QED) is 0.341. The standard InChI is InChI=1S/C22H34N6O.HI/c1-3-20-26-21-11-10-17(15-28(21)27-20)24-22(23-13-12-18-8-6-14-29-18)25-19-9-5-4-7-16(19)2;/h6,8,14,16-17,19H,3-5,7,9-13,15H2,1-2H3,(H2,23,24,25);1H. The molecule has 0 radical (unpaired) electrons. The molecule has 0 amide bonds. The van der Waals surface area contributed by atoms with Gasteiger partial charge in [-0.2, -0.15) is 5.10 Å². The minimum atomic E-state index is 0. The maximum Gasteiger partial charge on any atom is 0.191 e. The zero-order valence-corrected chi connectivity index (χ0v) is 20.5. The maximum absolute atomic E-state index is 5.46. The summed E-state index contributed by atoms with van der Waals surface area (Å²) >= 11 is 0. The monoisotopic (exact) mass is 526 g/mol. The number of hydrogen-bond acceptors (Lipinski definition) is 4.